The van der Waals surface area contributed by atoms with Gasteiger partial charge in [0.1, 0.15) is 0 Å². The maximum Gasteiger partial charge on any atom is 0.161 e. The molecule has 0 spiro atoms. The molecule has 1 atom stereocenters. The average Bonchev–Trinajstić information content (AvgIpc) is 2.49. The van der Waals surface area contributed by atoms with E-state index < -0.39 is 0 Å². The minimum absolute atomic E-state index is 0.0778. The first-order valence-electron chi connectivity index (χ1n) is 6.77. The molecule has 2 rings (SSSR count). The van der Waals surface area contributed by atoms with Crippen LogP contribution in [-0.4, -0.2) is 14.2 Å². The van der Waals surface area contributed by atoms with Crippen LogP contribution < -0.4 is 15.2 Å². The Labute approximate surface area is 134 Å². The molecule has 0 fully saturated rings. The number of halogens is 1. The molecule has 3 nitrogen and oxygen atoms in total. The van der Waals surface area contributed by atoms with Crippen molar-refractivity contribution in [3.63, 3.8) is 0 Å². The molecule has 0 bridgehead atoms. The fraction of sp³-hybridized carbons (Fsp3) is 0.294. The van der Waals surface area contributed by atoms with E-state index in [1.54, 1.807) is 14.2 Å². The van der Waals surface area contributed by atoms with Crippen molar-refractivity contribution in [3.8, 4) is 11.5 Å². The largest absolute Gasteiger partial charge is 0.493 e. The molecule has 0 amide bonds. The summed E-state index contributed by atoms with van der Waals surface area (Å²) in [6.45, 7) is 2.04. The lowest BCUT2D eigenvalue weighted by atomic mass is 9.95. The summed E-state index contributed by atoms with van der Waals surface area (Å²) in [5.41, 5.74) is 9.77. The maximum atomic E-state index is 6.37. The summed E-state index contributed by atoms with van der Waals surface area (Å²) < 4.78 is 11.7. The van der Waals surface area contributed by atoms with Crippen LogP contribution in [0.4, 0.5) is 0 Å². The van der Waals surface area contributed by atoms with Crippen molar-refractivity contribution in [2.24, 2.45) is 5.73 Å². The molecule has 0 saturated carbocycles. The van der Waals surface area contributed by atoms with Crippen molar-refractivity contribution in [2.75, 3.05) is 14.2 Å². The molecule has 0 saturated heterocycles. The van der Waals surface area contributed by atoms with Gasteiger partial charge in [0.15, 0.2) is 11.5 Å². The Balaban J connectivity index is 2.26. The molecule has 112 valence electrons. The van der Waals surface area contributed by atoms with Gasteiger partial charge in [0.25, 0.3) is 0 Å². The van der Waals surface area contributed by atoms with E-state index in [4.69, 9.17) is 15.2 Å². The highest BCUT2D eigenvalue weighted by Crippen LogP contribution is 2.33. The summed E-state index contributed by atoms with van der Waals surface area (Å²) in [6, 6.07) is 12.1. The van der Waals surface area contributed by atoms with Gasteiger partial charge >= 0.3 is 0 Å². The topological polar surface area (TPSA) is 44.5 Å². The van der Waals surface area contributed by atoms with Crippen LogP contribution in [0.5, 0.6) is 11.5 Å². The summed E-state index contributed by atoms with van der Waals surface area (Å²) >= 11 is 3.44. The van der Waals surface area contributed by atoms with Gasteiger partial charge in [-0.25, -0.2) is 0 Å². The van der Waals surface area contributed by atoms with Crippen LogP contribution in [0, 0.1) is 6.92 Å². The van der Waals surface area contributed by atoms with Crippen molar-refractivity contribution in [2.45, 2.75) is 19.4 Å². The summed E-state index contributed by atoms with van der Waals surface area (Å²) in [6.07, 6.45) is 0.781. The minimum Gasteiger partial charge on any atom is -0.493 e. The molecule has 2 aromatic rings. The van der Waals surface area contributed by atoms with Crippen LogP contribution in [0.1, 0.15) is 22.7 Å². The number of aryl methyl sites for hydroxylation is 1. The average molecular weight is 350 g/mol. The van der Waals surface area contributed by atoms with Gasteiger partial charge in [0, 0.05) is 10.5 Å². The Kier molecular flexibility index (Phi) is 5.26. The molecule has 2 N–H and O–H groups in total. The quantitative estimate of drug-likeness (QED) is 0.886. The van der Waals surface area contributed by atoms with Gasteiger partial charge < -0.3 is 15.2 Å². The number of methoxy groups -OCH3 is 2. The van der Waals surface area contributed by atoms with E-state index in [0.717, 1.165) is 27.8 Å². The lowest BCUT2D eigenvalue weighted by Gasteiger charge is -2.18. The van der Waals surface area contributed by atoms with E-state index >= 15 is 0 Å². The SMILES string of the molecule is COc1cc(C)c(C(N)Cc2ccc(Br)cc2)cc1OC. The van der Waals surface area contributed by atoms with Crippen molar-refractivity contribution in [1.82, 2.24) is 0 Å². The lowest BCUT2D eigenvalue weighted by Crippen LogP contribution is -2.15. The van der Waals surface area contributed by atoms with E-state index in [0.29, 0.717) is 5.75 Å². The van der Waals surface area contributed by atoms with Gasteiger partial charge in [-0.2, -0.15) is 0 Å². The van der Waals surface area contributed by atoms with E-state index in [2.05, 4.69) is 28.1 Å². The molecular formula is C17H20BrNO2. The van der Waals surface area contributed by atoms with E-state index in [9.17, 15) is 0 Å². The standard InChI is InChI=1S/C17H20BrNO2/c1-11-8-16(20-2)17(21-3)10-14(11)15(19)9-12-4-6-13(18)7-5-12/h4-8,10,15H,9,19H2,1-3H3. The third kappa shape index (κ3) is 3.77. The molecule has 0 radical (unpaired) electrons. The first-order chi connectivity index (χ1) is 10.0. The Morgan fingerprint density at radius 3 is 2.19 bits per heavy atom. The molecule has 1 unspecified atom stereocenters. The number of hydrogen-bond acceptors (Lipinski definition) is 3. The molecule has 0 heterocycles. The third-order valence-corrected chi connectivity index (χ3v) is 4.07. The molecule has 4 heteroatoms. The highest BCUT2D eigenvalue weighted by molar-refractivity contribution is 9.10. The molecule has 2 aromatic carbocycles. The number of benzene rings is 2. The number of ether oxygens (including phenoxy) is 2. The summed E-state index contributed by atoms with van der Waals surface area (Å²) in [4.78, 5) is 0. The predicted octanol–water partition coefficient (Wildman–Crippen LogP) is 4.02. The Morgan fingerprint density at radius 1 is 1.05 bits per heavy atom. The fourth-order valence-corrected chi connectivity index (χ4v) is 2.64. The number of rotatable bonds is 5. The summed E-state index contributed by atoms with van der Waals surface area (Å²) in [7, 11) is 3.27. The van der Waals surface area contributed by atoms with Gasteiger partial charge in [-0.05, 0) is 54.3 Å². The van der Waals surface area contributed by atoms with Crippen molar-refractivity contribution >= 4 is 15.9 Å². The van der Waals surface area contributed by atoms with Gasteiger partial charge in [-0.3, -0.25) is 0 Å². The van der Waals surface area contributed by atoms with Gasteiger partial charge in [-0.15, -0.1) is 0 Å². The molecule has 0 aliphatic carbocycles. The molecule has 0 aliphatic heterocycles. The second kappa shape index (κ2) is 6.96. The van der Waals surface area contributed by atoms with Gasteiger partial charge in [0.05, 0.1) is 14.2 Å². The first kappa shape index (κ1) is 15.9. The van der Waals surface area contributed by atoms with Crippen LogP contribution in [-0.2, 0) is 6.42 Å². The van der Waals surface area contributed by atoms with Crippen LogP contribution in [0.25, 0.3) is 0 Å². The number of hydrogen-bond donors (Lipinski definition) is 1. The smallest absolute Gasteiger partial charge is 0.161 e. The monoisotopic (exact) mass is 349 g/mol. The van der Waals surface area contributed by atoms with E-state index in [1.807, 2.05) is 31.2 Å². The van der Waals surface area contributed by atoms with Crippen molar-refractivity contribution < 1.29 is 9.47 Å². The Bertz CT molecular complexity index is 611. The highest BCUT2D eigenvalue weighted by atomic mass is 79.9. The maximum absolute atomic E-state index is 6.37. The fourth-order valence-electron chi connectivity index (χ4n) is 2.38. The van der Waals surface area contributed by atoms with E-state index in [-0.39, 0.29) is 6.04 Å². The molecule has 0 aliphatic rings. The first-order valence-corrected chi connectivity index (χ1v) is 7.57. The molecule has 21 heavy (non-hydrogen) atoms. The van der Waals surface area contributed by atoms with E-state index in [1.165, 1.54) is 5.56 Å². The van der Waals surface area contributed by atoms with Crippen molar-refractivity contribution in [1.29, 1.82) is 0 Å². The van der Waals surface area contributed by atoms with Crippen LogP contribution in [0.2, 0.25) is 0 Å². The second-order valence-corrected chi connectivity index (χ2v) is 5.92. The predicted molar refractivity (Wildman–Crippen MR) is 89.1 cm³/mol. The Morgan fingerprint density at radius 2 is 1.62 bits per heavy atom. The third-order valence-electron chi connectivity index (χ3n) is 3.54. The molecular weight excluding hydrogens is 330 g/mol. The van der Waals surface area contributed by atoms with Crippen LogP contribution >= 0.6 is 15.9 Å². The summed E-state index contributed by atoms with van der Waals surface area (Å²) in [5, 5.41) is 0. The minimum atomic E-state index is -0.0778. The lowest BCUT2D eigenvalue weighted by molar-refractivity contribution is 0.354. The van der Waals surface area contributed by atoms with Crippen molar-refractivity contribution in [3.05, 3.63) is 57.6 Å². The van der Waals surface area contributed by atoms with Crippen LogP contribution in [0.3, 0.4) is 0 Å². The zero-order valence-corrected chi connectivity index (χ0v) is 14.1. The highest BCUT2D eigenvalue weighted by Gasteiger charge is 2.14. The molecule has 0 aromatic heterocycles. The Hall–Kier alpha value is -1.52. The van der Waals surface area contributed by atoms with Gasteiger partial charge in [-0.1, -0.05) is 28.1 Å². The second-order valence-electron chi connectivity index (χ2n) is 5.00. The zero-order valence-electron chi connectivity index (χ0n) is 12.5. The zero-order chi connectivity index (χ0) is 15.4. The normalized spacial score (nSPS) is 12.0. The van der Waals surface area contributed by atoms with Crippen LogP contribution in [0.15, 0.2) is 40.9 Å². The number of nitrogens with two attached hydrogens (primary N) is 1. The summed E-state index contributed by atoms with van der Waals surface area (Å²) in [5.74, 6) is 1.44. The van der Waals surface area contributed by atoms with Gasteiger partial charge in [0.2, 0.25) is 0 Å².